The van der Waals surface area contributed by atoms with E-state index in [4.69, 9.17) is 5.73 Å². The molecule has 0 amide bonds. The second kappa shape index (κ2) is 2.35. The van der Waals surface area contributed by atoms with Gasteiger partial charge >= 0.3 is 0 Å². The van der Waals surface area contributed by atoms with Gasteiger partial charge in [-0.05, 0) is 32.1 Å². The third-order valence-electron chi connectivity index (χ3n) is 3.33. The molecule has 3 rings (SSSR count). The molecule has 0 aromatic carbocycles. The quantitative estimate of drug-likeness (QED) is 0.721. The first-order chi connectivity index (χ1) is 6.28. The molecule has 70 valence electrons. The van der Waals surface area contributed by atoms with Gasteiger partial charge in [0.15, 0.2) is 0 Å². The third kappa shape index (κ3) is 1.10. The van der Waals surface area contributed by atoms with Crippen molar-refractivity contribution in [3.8, 4) is 0 Å². The lowest BCUT2D eigenvalue weighted by atomic mass is 9.77. The topological polar surface area (TPSA) is 54.7 Å². The molecule has 0 saturated heterocycles. The van der Waals surface area contributed by atoms with E-state index in [2.05, 4.69) is 9.97 Å². The number of H-pyrrole nitrogens is 1. The summed E-state index contributed by atoms with van der Waals surface area (Å²) in [6, 6.07) is 0. The van der Waals surface area contributed by atoms with Crippen molar-refractivity contribution in [3.63, 3.8) is 0 Å². The van der Waals surface area contributed by atoms with Gasteiger partial charge in [0.2, 0.25) is 0 Å². The van der Waals surface area contributed by atoms with Gasteiger partial charge in [-0.2, -0.15) is 0 Å². The number of rotatable bonds is 2. The van der Waals surface area contributed by atoms with Crippen molar-refractivity contribution in [1.82, 2.24) is 9.97 Å². The molecule has 3 heteroatoms. The van der Waals surface area contributed by atoms with Crippen LogP contribution in [0.1, 0.15) is 49.5 Å². The van der Waals surface area contributed by atoms with Crippen LogP contribution in [0.3, 0.4) is 0 Å². The Kier molecular flexibility index (Phi) is 1.37. The fraction of sp³-hybridized carbons (Fsp3) is 0.700. The smallest absolute Gasteiger partial charge is 0.126 e. The normalized spacial score (nSPS) is 25.6. The third-order valence-corrected chi connectivity index (χ3v) is 3.33. The van der Waals surface area contributed by atoms with Crippen LogP contribution in [0.4, 0.5) is 0 Å². The number of aromatic amines is 1. The van der Waals surface area contributed by atoms with Crippen LogP contribution in [0.25, 0.3) is 0 Å². The fourth-order valence-electron chi connectivity index (χ4n) is 1.98. The summed E-state index contributed by atoms with van der Waals surface area (Å²) in [5.74, 6) is 1.77. The van der Waals surface area contributed by atoms with E-state index < -0.39 is 0 Å². The number of aromatic nitrogens is 2. The maximum Gasteiger partial charge on any atom is 0.126 e. The number of hydrogen-bond donors (Lipinski definition) is 2. The molecule has 1 heterocycles. The lowest BCUT2D eigenvalue weighted by molar-refractivity contribution is 0.240. The molecule has 2 aliphatic rings. The Bertz CT molecular complexity index is 321. The van der Waals surface area contributed by atoms with E-state index in [0.29, 0.717) is 0 Å². The molecule has 0 spiro atoms. The summed E-state index contributed by atoms with van der Waals surface area (Å²) in [5.41, 5.74) is 7.34. The molecule has 0 atom stereocenters. The summed E-state index contributed by atoms with van der Waals surface area (Å²) < 4.78 is 0. The fourth-order valence-corrected chi connectivity index (χ4v) is 1.98. The molecular weight excluding hydrogens is 162 g/mol. The van der Waals surface area contributed by atoms with Gasteiger partial charge in [0, 0.05) is 17.8 Å². The van der Waals surface area contributed by atoms with Gasteiger partial charge in [0.1, 0.15) is 5.82 Å². The molecule has 2 saturated carbocycles. The maximum atomic E-state index is 6.16. The molecule has 0 aliphatic heterocycles. The molecule has 0 bridgehead atoms. The minimum absolute atomic E-state index is 0.118. The van der Waals surface area contributed by atoms with Crippen LogP contribution in [0.5, 0.6) is 0 Å². The number of nitrogens with two attached hydrogens (primary N) is 1. The number of imidazole rings is 1. The summed E-state index contributed by atoms with van der Waals surface area (Å²) in [6.07, 6.45) is 8.03. The highest BCUT2D eigenvalue weighted by Gasteiger charge is 2.38. The SMILES string of the molecule is NC1(c2ncc(C3CC3)[nH]2)CCC1. The van der Waals surface area contributed by atoms with Crippen molar-refractivity contribution in [3.05, 3.63) is 17.7 Å². The first kappa shape index (κ1) is 7.56. The van der Waals surface area contributed by atoms with E-state index in [-0.39, 0.29) is 5.54 Å². The van der Waals surface area contributed by atoms with E-state index in [1.807, 2.05) is 6.20 Å². The zero-order chi connectivity index (χ0) is 8.89. The van der Waals surface area contributed by atoms with Crippen molar-refractivity contribution < 1.29 is 0 Å². The van der Waals surface area contributed by atoms with Gasteiger partial charge in [0.25, 0.3) is 0 Å². The van der Waals surface area contributed by atoms with E-state index in [0.717, 1.165) is 24.6 Å². The Morgan fingerprint density at radius 3 is 2.77 bits per heavy atom. The average molecular weight is 177 g/mol. The monoisotopic (exact) mass is 177 g/mol. The molecular formula is C10H15N3. The minimum Gasteiger partial charge on any atom is -0.344 e. The maximum absolute atomic E-state index is 6.16. The Morgan fingerprint density at radius 2 is 2.23 bits per heavy atom. The van der Waals surface area contributed by atoms with Gasteiger partial charge in [-0.25, -0.2) is 4.98 Å². The lowest BCUT2D eigenvalue weighted by Crippen LogP contribution is -2.44. The number of nitrogens with zero attached hydrogens (tertiary/aromatic N) is 1. The van der Waals surface area contributed by atoms with Crippen molar-refractivity contribution in [2.24, 2.45) is 5.73 Å². The lowest BCUT2D eigenvalue weighted by Gasteiger charge is -2.35. The highest BCUT2D eigenvalue weighted by atomic mass is 15.0. The highest BCUT2D eigenvalue weighted by Crippen LogP contribution is 2.41. The molecule has 1 aromatic heterocycles. The predicted molar refractivity (Wildman–Crippen MR) is 50.3 cm³/mol. The van der Waals surface area contributed by atoms with E-state index >= 15 is 0 Å². The molecule has 3 nitrogen and oxygen atoms in total. The molecule has 0 unspecified atom stereocenters. The molecule has 2 aliphatic carbocycles. The van der Waals surface area contributed by atoms with E-state index in [1.54, 1.807) is 0 Å². The van der Waals surface area contributed by atoms with E-state index in [1.165, 1.54) is 25.0 Å². The van der Waals surface area contributed by atoms with E-state index in [9.17, 15) is 0 Å². The Morgan fingerprint density at radius 1 is 1.46 bits per heavy atom. The van der Waals surface area contributed by atoms with Gasteiger partial charge < -0.3 is 10.7 Å². The van der Waals surface area contributed by atoms with Crippen LogP contribution in [0.2, 0.25) is 0 Å². The van der Waals surface area contributed by atoms with Crippen LogP contribution in [0.15, 0.2) is 6.20 Å². The Hall–Kier alpha value is -0.830. The molecule has 0 radical (unpaired) electrons. The van der Waals surface area contributed by atoms with Gasteiger partial charge in [0.05, 0.1) is 5.54 Å². The van der Waals surface area contributed by atoms with Crippen molar-refractivity contribution in [2.75, 3.05) is 0 Å². The minimum atomic E-state index is -0.118. The second-order valence-electron chi connectivity index (χ2n) is 4.47. The molecule has 2 fully saturated rings. The summed E-state index contributed by atoms with van der Waals surface area (Å²) in [7, 11) is 0. The van der Waals surface area contributed by atoms with Crippen molar-refractivity contribution in [1.29, 1.82) is 0 Å². The number of nitrogens with one attached hydrogen (secondary N) is 1. The van der Waals surface area contributed by atoms with Crippen LogP contribution in [0, 0.1) is 0 Å². The van der Waals surface area contributed by atoms with Gasteiger partial charge in [-0.15, -0.1) is 0 Å². The summed E-state index contributed by atoms with van der Waals surface area (Å²) in [6.45, 7) is 0. The number of hydrogen-bond acceptors (Lipinski definition) is 2. The van der Waals surface area contributed by atoms with Crippen LogP contribution < -0.4 is 5.73 Å². The first-order valence-electron chi connectivity index (χ1n) is 5.12. The largest absolute Gasteiger partial charge is 0.344 e. The molecule has 3 N–H and O–H groups in total. The summed E-state index contributed by atoms with van der Waals surface area (Å²) in [5, 5.41) is 0. The Labute approximate surface area is 77.7 Å². The molecule has 13 heavy (non-hydrogen) atoms. The molecule has 1 aromatic rings. The first-order valence-corrected chi connectivity index (χ1v) is 5.12. The van der Waals surface area contributed by atoms with Crippen molar-refractivity contribution in [2.45, 2.75) is 43.6 Å². The summed E-state index contributed by atoms with van der Waals surface area (Å²) in [4.78, 5) is 7.77. The average Bonchev–Trinajstić information content (AvgIpc) is 2.80. The van der Waals surface area contributed by atoms with Crippen LogP contribution >= 0.6 is 0 Å². The zero-order valence-corrected chi connectivity index (χ0v) is 7.71. The summed E-state index contributed by atoms with van der Waals surface area (Å²) >= 11 is 0. The van der Waals surface area contributed by atoms with Crippen LogP contribution in [-0.2, 0) is 5.54 Å². The van der Waals surface area contributed by atoms with Gasteiger partial charge in [-0.3, -0.25) is 0 Å². The highest BCUT2D eigenvalue weighted by molar-refractivity contribution is 5.18. The van der Waals surface area contributed by atoms with Crippen LogP contribution in [-0.4, -0.2) is 9.97 Å². The van der Waals surface area contributed by atoms with Gasteiger partial charge in [-0.1, -0.05) is 0 Å². The predicted octanol–water partition coefficient (Wildman–Crippen LogP) is 1.62. The zero-order valence-electron chi connectivity index (χ0n) is 7.71. The van der Waals surface area contributed by atoms with Crippen molar-refractivity contribution >= 4 is 0 Å². The second-order valence-corrected chi connectivity index (χ2v) is 4.47. The standard InChI is InChI=1S/C10H15N3/c11-10(4-1-5-10)9-12-6-8(13-9)7-2-3-7/h6-7H,1-5,11H2,(H,12,13). The Balaban J connectivity index is 1.87.